The van der Waals surface area contributed by atoms with Crippen LogP contribution in [0.2, 0.25) is 0 Å². The monoisotopic (exact) mass is 305 g/mol. The zero-order valence-electron chi connectivity index (χ0n) is 13.2. The van der Waals surface area contributed by atoms with Crippen LogP contribution in [0.25, 0.3) is 5.65 Å². The van der Waals surface area contributed by atoms with Gasteiger partial charge in [-0.3, -0.25) is 4.40 Å². The number of aromatic nitrogens is 3. The second-order valence-corrected chi connectivity index (χ2v) is 5.46. The van der Waals surface area contributed by atoms with E-state index in [1.165, 1.54) is 0 Å². The zero-order valence-corrected chi connectivity index (χ0v) is 13.2. The van der Waals surface area contributed by atoms with Crippen LogP contribution in [-0.2, 0) is 0 Å². The number of hydrogen-bond acceptors (Lipinski definition) is 4. The first kappa shape index (κ1) is 16.2. The maximum atomic E-state index is 12.4. The Hall–Kier alpha value is -2.15. The van der Waals surface area contributed by atoms with Crippen LogP contribution < -0.4 is 5.32 Å². The van der Waals surface area contributed by atoms with E-state index in [0.717, 1.165) is 5.65 Å². The molecule has 0 aliphatic rings. The minimum absolute atomic E-state index is 0.0541. The molecule has 1 unspecified atom stereocenters. The van der Waals surface area contributed by atoms with Gasteiger partial charge in [0.1, 0.15) is 0 Å². The molecule has 2 rings (SSSR count). The Morgan fingerprint density at radius 3 is 2.82 bits per heavy atom. The summed E-state index contributed by atoms with van der Waals surface area (Å²) >= 11 is 0. The molecule has 7 heteroatoms. The fraction of sp³-hybridized carbons (Fsp3) is 0.533. The Morgan fingerprint density at radius 1 is 1.41 bits per heavy atom. The lowest BCUT2D eigenvalue weighted by molar-refractivity contribution is 0.173. The van der Waals surface area contributed by atoms with Crippen LogP contribution >= 0.6 is 0 Å². The maximum Gasteiger partial charge on any atom is 0.318 e. The van der Waals surface area contributed by atoms with E-state index in [1.807, 2.05) is 49.6 Å². The molecule has 2 N–H and O–H groups in total. The maximum absolute atomic E-state index is 12.4. The van der Waals surface area contributed by atoms with Gasteiger partial charge in [-0.05, 0) is 25.0 Å². The predicted octanol–water partition coefficient (Wildman–Crippen LogP) is 1.45. The number of fused-ring (bicyclic) bond motifs is 1. The highest BCUT2D eigenvalue weighted by Crippen LogP contribution is 2.21. The lowest BCUT2D eigenvalue weighted by Crippen LogP contribution is -2.44. The van der Waals surface area contributed by atoms with E-state index in [-0.39, 0.29) is 24.6 Å². The first-order valence-electron chi connectivity index (χ1n) is 7.54. The van der Waals surface area contributed by atoms with Gasteiger partial charge in [0.25, 0.3) is 0 Å². The number of carbonyl (C=O) groups excluding carboxylic acids is 1. The zero-order chi connectivity index (χ0) is 16.1. The molecule has 22 heavy (non-hydrogen) atoms. The Morgan fingerprint density at radius 2 is 2.18 bits per heavy atom. The standard InChI is InChI=1S/C15H23N5O2/c1-4-19(9-10-21)15(22)16-13(11(2)3)14-18-17-12-7-5-6-8-20(12)14/h5-8,11,13,21H,4,9-10H2,1-3H3,(H,16,22). The van der Waals surface area contributed by atoms with Crippen molar-refractivity contribution in [1.82, 2.24) is 24.8 Å². The molecule has 0 aliphatic carbocycles. The first-order valence-corrected chi connectivity index (χ1v) is 7.54. The highest BCUT2D eigenvalue weighted by atomic mass is 16.3. The molecule has 7 nitrogen and oxygen atoms in total. The number of nitrogens with zero attached hydrogens (tertiary/aromatic N) is 4. The fourth-order valence-corrected chi connectivity index (χ4v) is 2.35. The van der Waals surface area contributed by atoms with Crippen LogP contribution in [0.5, 0.6) is 0 Å². The number of amides is 2. The molecular formula is C15H23N5O2. The van der Waals surface area contributed by atoms with E-state index in [4.69, 9.17) is 5.11 Å². The number of aliphatic hydroxyl groups is 1. The van der Waals surface area contributed by atoms with Crippen LogP contribution in [0.15, 0.2) is 24.4 Å². The third kappa shape index (κ3) is 3.36. The normalized spacial score (nSPS) is 12.6. The highest BCUT2D eigenvalue weighted by Gasteiger charge is 2.25. The molecule has 0 aliphatic heterocycles. The summed E-state index contributed by atoms with van der Waals surface area (Å²) in [4.78, 5) is 13.9. The fourth-order valence-electron chi connectivity index (χ4n) is 2.35. The lowest BCUT2D eigenvalue weighted by Gasteiger charge is -2.26. The van der Waals surface area contributed by atoms with Crippen LogP contribution in [0.1, 0.15) is 32.6 Å². The topological polar surface area (TPSA) is 82.8 Å². The van der Waals surface area contributed by atoms with Gasteiger partial charge < -0.3 is 15.3 Å². The Balaban J connectivity index is 2.25. The van der Waals surface area contributed by atoms with Crippen LogP contribution in [0, 0.1) is 5.92 Å². The molecule has 2 heterocycles. The van der Waals surface area contributed by atoms with Crippen molar-refractivity contribution in [3.8, 4) is 0 Å². The summed E-state index contributed by atoms with van der Waals surface area (Å²) in [6, 6.07) is 5.22. The smallest absolute Gasteiger partial charge is 0.318 e. The molecule has 0 spiro atoms. The number of rotatable bonds is 6. The van der Waals surface area contributed by atoms with Gasteiger partial charge in [-0.2, -0.15) is 0 Å². The summed E-state index contributed by atoms with van der Waals surface area (Å²) < 4.78 is 1.88. The highest BCUT2D eigenvalue weighted by molar-refractivity contribution is 5.74. The van der Waals surface area contributed by atoms with E-state index >= 15 is 0 Å². The van der Waals surface area contributed by atoms with Crippen molar-refractivity contribution in [2.45, 2.75) is 26.8 Å². The Bertz CT molecular complexity index is 625. The van der Waals surface area contributed by atoms with Crippen molar-refractivity contribution < 1.29 is 9.90 Å². The quantitative estimate of drug-likeness (QED) is 0.846. The second-order valence-electron chi connectivity index (χ2n) is 5.46. The van der Waals surface area contributed by atoms with E-state index in [9.17, 15) is 4.79 Å². The molecule has 0 aromatic carbocycles. The summed E-state index contributed by atoms with van der Waals surface area (Å²) in [7, 11) is 0. The van der Waals surface area contributed by atoms with Crippen molar-refractivity contribution in [3.05, 3.63) is 30.2 Å². The van der Waals surface area contributed by atoms with Gasteiger partial charge in [0, 0.05) is 19.3 Å². The van der Waals surface area contributed by atoms with Gasteiger partial charge in [0.15, 0.2) is 11.5 Å². The molecule has 0 fully saturated rings. The molecule has 2 aromatic heterocycles. The molecule has 0 bridgehead atoms. The number of aliphatic hydroxyl groups excluding tert-OH is 1. The van der Waals surface area contributed by atoms with Crippen molar-refractivity contribution in [2.24, 2.45) is 5.92 Å². The number of likely N-dealkylation sites (N-methyl/N-ethyl adjacent to an activating group) is 1. The van der Waals surface area contributed by atoms with Gasteiger partial charge in [0.05, 0.1) is 12.6 Å². The van der Waals surface area contributed by atoms with E-state index in [2.05, 4.69) is 15.5 Å². The van der Waals surface area contributed by atoms with Crippen LogP contribution in [-0.4, -0.2) is 50.3 Å². The van der Waals surface area contributed by atoms with Crippen molar-refractivity contribution in [3.63, 3.8) is 0 Å². The molecule has 0 saturated carbocycles. The average molecular weight is 305 g/mol. The van der Waals surface area contributed by atoms with Crippen molar-refractivity contribution in [1.29, 1.82) is 0 Å². The Kier molecular flexibility index (Phi) is 5.32. The second kappa shape index (κ2) is 7.22. The summed E-state index contributed by atoms with van der Waals surface area (Å²) in [6.45, 7) is 6.73. The average Bonchev–Trinajstić information content (AvgIpc) is 2.93. The number of nitrogens with one attached hydrogen (secondary N) is 1. The summed E-state index contributed by atoms with van der Waals surface area (Å²) in [5, 5.41) is 20.4. The minimum Gasteiger partial charge on any atom is -0.395 e. The number of pyridine rings is 1. The van der Waals surface area contributed by atoms with Gasteiger partial charge in [0.2, 0.25) is 0 Å². The van der Waals surface area contributed by atoms with Crippen LogP contribution in [0.3, 0.4) is 0 Å². The first-order chi connectivity index (χ1) is 10.6. The molecule has 2 aromatic rings. The minimum atomic E-state index is -0.252. The molecular weight excluding hydrogens is 282 g/mol. The SMILES string of the molecule is CCN(CCO)C(=O)NC(c1nnc2ccccn12)C(C)C. The van der Waals surface area contributed by atoms with E-state index < -0.39 is 0 Å². The third-order valence-electron chi connectivity index (χ3n) is 3.60. The molecule has 1 atom stereocenters. The van der Waals surface area contributed by atoms with Gasteiger partial charge in [-0.15, -0.1) is 10.2 Å². The number of carbonyl (C=O) groups is 1. The van der Waals surface area contributed by atoms with Crippen molar-refractivity contribution >= 4 is 11.7 Å². The van der Waals surface area contributed by atoms with Gasteiger partial charge >= 0.3 is 6.03 Å². The van der Waals surface area contributed by atoms with Gasteiger partial charge in [-0.1, -0.05) is 19.9 Å². The summed E-state index contributed by atoms with van der Waals surface area (Å²) in [5.41, 5.74) is 0.750. The number of urea groups is 1. The Labute approximate surface area is 130 Å². The lowest BCUT2D eigenvalue weighted by atomic mass is 10.0. The molecule has 0 radical (unpaired) electrons. The molecule has 2 amide bonds. The van der Waals surface area contributed by atoms with E-state index in [1.54, 1.807) is 4.90 Å². The third-order valence-corrected chi connectivity index (χ3v) is 3.60. The summed E-state index contributed by atoms with van der Waals surface area (Å²) in [6.07, 6.45) is 1.89. The number of hydrogen-bond donors (Lipinski definition) is 2. The molecule has 0 saturated heterocycles. The van der Waals surface area contributed by atoms with Crippen molar-refractivity contribution in [2.75, 3.05) is 19.7 Å². The largest absolute Gasteiger partial charge is 0.395 e. The predicted molar refractivity (Wildman–Crippen MR) is 83.4 cm³/mol. The van der Waals surface area contributed by atoms with Gasteiger partial charge in [-0.25, -0.2) is 4.79 Å². The van der Waals surface area contributed by atoms with Crippen LogP contribution in [0.4, 0.5) is 4.79 Å². The molecule has 120 valence electrons. The summed E-state index contributed by atoms with van der Waals surface area (Å²) in [5.74, 6) is 0.864. The van der Waals surface area contributed by atoms with E-state index in [0.29, 0.717) is 18.9 Å².